The third-order valence-electron chi connectivity index (χ3n) is 4.38. The second-order valence-corrected chi connectivity index (χ2v) is 7.47. The fourth-order valence-corrected chi connectivity index (χ4v) is 4.43. The number of nitrogens with zero attached hydrogens (tertiary/aromatic N) is 1. The molecule has 1 saturated heterocycles. The Kier molecular flexibility index (Phi) is 4.98. The average Bonchev–Trinajstić information content (AvgIpc) is 2.31. The van der Waals surface area contributed by atoms with Crippen LogP contribution in [0.15, 0.2) is 0 Å². The molecule has 1 fully saturated rings. The average molecular weight is 262 g/mol. The molecule has 0 aliphatic carbocycles. The van der Waals surface area contributed by atoms with Crippen molar-refractivity contribution in [2.75, 3.05) is 25.1 Å². The summed E-state index contributed by atoms with van der Waals surface area (Å²) in [6.07, 6.45) is 3.53. The fraction of sp³-hybridized carbons (Fsp3) is 1.00. The molecule has 102 valence electrons. The van der Waals surface area contributed by atoms with Crippen LogP contribution in [0.5, 0.6) is 0 Å². The lowest BCUT2D eigenvalue weighted by Crippen LogP contribution is -2.59. The van der Waals surface area contributed by atoms with Crippen molar-refractivity contribution in [3.63, 3.8) is 0 Å². The monoisotopic (exact) mass is 262 g/mol. The third kappa shape index (κ3) is 3.20. The minimum absolute atomic E-state index is 0.109. The van der Waals surface area contributed by atoms with Crippen LogP contribution in [0.2, 0.25) is 0 Å². The maximum absolute atomic E-state index is 11.5. The highest BCUT2D eigenvalue weighted by Crippen LogP contribution is 2.31. The van der Waals surface area contributed by atoms with Crippen molar-refractivity contribution in [1.29, 1.82) is 0 Å². The van der Waals surface area contributed by atoms with Crippen LogP contribution in [0, 0.1) is 0 Å². The molecule has 1 aliphatic heterocycles. The molecule has 0 unspecified atom stereocenters. The summed E-state index contributed by atoms with van der Waals surface area (Å²) in [5.74, 6) is 0.573. The van der Waals surface area contributed by atoms with Gasteiger partial charge in [0.15, 0.2) is 0 Å². The number of rotatable bonds is 5. The molecule has 0 radical (unpaired) electrons. The molecule has 1 aliphatic rings. The summed E-state index contributed by atoms with van der Waals surface area (Å²) >= 11 is 0. The summed E-state index contributed by atoms with van der Waals surface area (Å²) < 4.78 is 23.1. The van der Waals surface area contributed by atoms with Crippen molar-refractivity contribution in [2.45, 2.75) is 51.1 Å². The smallest absolute Gasteiger partial charge is 0.150 e. The first-order chi connectivity index (χ1) is 7.90. The van der Waals surface area contributed by atoms with Gasteiger partial charge < -0.3 is 5.73 Å². The zero-order valence-corrected chi connectivity index (χ0v) is 12.1. The largest absolute Gasteiger partial charge is 0.329 e. The van der Waals surface area contributed by atoms with Crippen LogP contribution in [0.3, 0.4) is 0 Å². The molecule has 1 rings (SSSR count). The van der Waals surface area contributed by atoms with Gasteiger partial charge >= 0.3 is 0 Å². The Morgan fingerprint density at radius 2 is 1.71 bits per heavy atom. The highest BCUT2D eigenvalue weighted by atomic mass is 32.2. The second kappa shape index (κ2) is 5.67. The number of sulfone groups is 1. The van der Waals surface area contributed by atoms with Crippen LogP contribution in [-0.4, -0.2) is 50.0 Å². The van der Waals surface area contributed by atoms with E-state index in [9.17, 15) is 8.42 Å². The predicted octanol–water partition coefficient (Wildman–Crippen LogP) is 1.01. The van der Waals surface area contributed by atoms with Crippen molar-refractivity contribution in [1.82, 2.24) is 4.90 Å². The molecule has 4 nitrogen and oxygen atoms in total. The van der Waals surface area contributed by atoms with E-state index in [0.717, 1.165) is 12.8 Å². The number of nitrogens with two attached hydrogens (primary N) is 1. The molecule has 0 aromatic carbocycles. The van der Waals surface area contributed by atoms with Gasteiger partial charge in [-0.05, 0) is 32.7 Å². The summed E-state index contributed by atoms with van der Waals surface area (Å²) in [4.78, 5) is 2.34. The van der Waals surface area contributed by atoms with Gasteiger partial charge in [-0.1, -0.05) is 13.8 Å². The van der Waals surface area contributed by atoms with E-state index in [1.807, 2.05) is 0 Å². The Morgan fingerprint density at radius 3 is 2.06 bits per heavy atom. The van der Waals surface area contributed by atoms with Crippen LogP contribution in [-0.2, 0) is 9.84 Å². The number of hydrogen-bond acceptors (Lipinski definition) is 4. The highest BCUT2D eigenvalue weighted by molar-refractivity contribution is 7.91. The second-order valence-electron chi connectivity index (χ2n) is 5.16. The molecule has 5 heteroatoms. The molecule has 2 N–H and O–H groups in total. The number of likely N-dealkylation sites (N-methyl/N-ethyl adjacent to an activating group) is 1. The molecule has 0 spiro atoms. The van der Waals surface area contributed by atoms with Crippen LogP contribution < -0.4 is 5.73 Å². The molecule has 0 bridgehead atoms. The van der Waals surface area contributed by atoms with Gasteiger partial charge in [0.2, 0.25) is 0 Å². The van der Waals surface area contributed by atoms with E-state index in [2.05, 4.69) is 25.8 Å². The Labute approximate surface area is 105 Å². The lowest BCUT2D eigenvalue weighted by atomic mass is 9.88. The van der Waals surface area contributed by atoms with Gasteiger partial charge in [-0.3, -0.25) is 4.90 Å². The van der Waals surface area contributed by atoms with Crippen molar-refractivity contribution < 1.29 is 8.42 Å². The summed E-state index contributed by atoms with van der Waals surface area (Å²) in [6.45, 7) is 4.90. The molecule has 0 aromatic rings. The predicted molar refractivity (Wildman–Crippen MR) is 71.8 cm³/mol. The molecule has 0 aromatic heterocycles. The Morgan fingerprint density at radius 1 is 1.24 bits per heavy atom. The van der Waals surface area contributed by atoms with Crippen molar-refractivity contribution in [3.05, 3.63) is 0 Å². The van der Waals surface area contributed by atoms with E-state index in [-0.39, 0.29) is 17.0 Å². The standard InChI is InChI=1S/C12H26N2O2S/c1-4-11(5-2)14(3)12(10-13)6-8-17(15,16)9-7-12/h11H,4-10,13H2,1-3H3. The molecule has 1 heterocycles. The van der Waals surface area contributed by atoms with Gasteiger partial charge in [0.25, 0.3) is 0 Å². The molecule has 0 saturated carbocycles. The minimum atomic E-state index is -2.82. The zero-order valence-electron chi connectivity index (χ0n) is 11.3. The maximum atomic E-state index is 11.5. The summed E-state index contributed by atoms with van der Waals surface area (Å²) in [7, 11) is -0.719. The van der Waals surface area contributed by atoms with E-state index in [4.69, 9.17) is 5.73 Å². The van der Waals surface area contributed by atoms with Gasteiger partial charge in [0.1, 0.15) is 9.84 Å². The van der Waals surface area contributed by atoms with Crippen molar-refractivity contribution in [3.8, 4) is 0 Å². The first-order valence-electron chi connectivity index (χ1n) is 6.54. The van der Waals surface area contributed by atoms with E-state index in [0.29, 0.717) is 25.4 Å². The lowest BCUT2D eigenvalue weighted by Gasteiger charge is -2.47. The quantitative estimate of drug-likeness (QED) is 0.803. The highest BCUT2D eigenvalue weighted by Gasteiger charge is 2.41. The summed E-state index contributed by atoms with van der Waals surface area (Å²) in [5, 5.41) is 0. The maximum Gasteiger partial charge on any atom is 0.150 e. The summed E-state index contributed by atoms with van der Waals surface area (Å²) in [5.41, 5.74) is 5.83. The lowest BCUT2D eigenvalue weighted by molar-refractivity contribution is 0.0628. The Hall–Kier alpha value is -0.130. The zero-order chi connectivity index (χ0) is 13.1. The van der Waals surface area contributed by atoms with E-state index in [1.54, 1.807) is 0 Å². The molecule has 0 amide bonds. The Balaban J connectivity index is 2.83. The van der Waals surface area contributed by atoms with Gasteiger partial charge in [-0.2, -0.15) is 0 Å². The fourth-order valence-electron chi connectivity index (χ4n) is 2.84. The van der Waals surface area contributed by atoms with Crippen LogP contribution >= 0.6 is 0 Å². The Bertz CT molecular complexity index is 322. The van der Waals surface area contributed by atoms with Crippen LogP contribution in [0.1, 0.15) is 39.5 Å². The molecule has 0 atom stereocenters. The third-order valence-corrected chi connectivity index (χ3v) is 6.03. The first-order valence-corrected chi connectivity index (χ1v) is 8.36. The minimum Gasteiger partial charge on any atom is -0.329 e. The van der Waals surface area contributed by atoms with Crippen LogP contribution in [0.25, 0.3) is 0 Å². The van der Waals surface area contributed by atoms with E-state index < -0.39 is 9.84 Å². The number of hydrogen-bond donors (Lipinski definition) is 1. The van der Waals surface area contributed by atoms with Gasteiger partial charge in [-0.15, -0.1) is 0 Å². The van der Waals surface area contributed by atoms with Gasteiger partial charge in [-0.25, -0.2) is 8.42 Å². The molecule has 17 heavy (non-hydrogen) atoms. The van der Waals surface area contributed by atoms with Crippen LogP contribution in [0.4, 0.5) is 0 Å². The van der Waals surface area contributed by atoms with E-state index >= 15 is 0 Å². The van der Waals surface area contributed by atoms with Crippen molar-refractivity contribution in [2.24, 2.45) is 5.73 Å². The summed E-state index contributed by atoms with van der Waals surface area (Å²) in [6, 6.07) is 0.499. The van der Waals surface area contributed by atoms with Gasteiger partial charge in [0, 0.05) is 18.1 Å². The topological polar surface area (TPSA) is 63.4 Å². The van der Waals surface area contributed by atoms with E-state index in [1.165, 1.54) is 0 Å². The SMILES string of the molecule is CCC(CC)N(C)C1(CN)CCS(=O)(=O)CC1. The molecular formula is C12H26N2O2S. The van der Waals surface area contributed by atoms with Gasteiger partial charge in [0.05, 0.1) is 11.5 Å². The molecular weight excluding hydrogens is 236 g/mol. The normalized spacial score (nSPS) is 23.2. The first kappa shape index (κ1) is 14.9. The van der Waals surface area contributed by atoms with Crippen molar-refractivity contribution >= 4 is 9.84 Å².